The Hall–Kier alpha value is -1.89. The number of halogens is 2. The van der Waals surface area contributed by atoms with E-state index in [4.69, 9.17) is 23.2 Å². The molecule has 0 amide bonds. The summed E-state index contributed by atoms with van der Waals surface area (Å²) in [5, 5.41) is 0.815. The Morgan fingerprint density at radius 1 is 0.862 bits per heavy atom. The SMILES string of the molecule is CN(C)C[C@H](NS(=O)(=O)c1cccc(-c2ccccc2)c1)c1ccc(Cl)c(Cl)c1. The second kappa shape index (κ2) is 9.28. The molecular weight excluding hydrogens is 427 g/mol. The summed E-state index contributed by atoms with van der Waals surface area (Å²) in [7, 11) is 0.00809. The van der Waals surface area contributed by atoms with Crippen molar-refractivity contribution in [3.8, 4) is 11.1 Å². The van der Waals surface area contributed by atoms with Crippen molar-refractivity contribution in [1.82, 2.24) is 9.62 Å². The van der Waals surface area contributed by atoms with Crippen molar-refractivity contribution in [2.45, 2.75) is 10.9 Å². The average Bonchev–Trinajstić information content (AvgIpc) is 2.70. The van der Waals surface area contributed by atoms with Crippen LogP contribution in [0.5, 0.6) is 0 Å². The molecule has 7 heteroatoms. The van der Waals surface area contributed by atoms with Gasteiger partial charge in [-0.2, -0.15) is 0 Å². The van der Waals surface area contributed by atoms with Crippen LogP contribution in [0.15, 0.2) is 77.7 Å². The van der Waals surface area contributed by atoms with Crippen LogP contribution in [-0.4, -0.2) is 34.0 Å². The lowest BCUT2D eigenvalue weighted by Gasteiger charge is -2.23. The van der Waals surface area contributed by atoms with Gasteiger partial charge in [-0.05, 0) is 55.1 Å². The largest absolute Gasteiger partial charge is 0.307 e. The highest BCUT2D eigenvalue weighted by Crippen LogP contribution is 2.28. The molecule has 3 rings (SSSR count). The summed E-state index contributed by atoms with van der Waals surface area (Å²) in [6.07, 6.45) is 0. The van der Waals surface area contributed by atoms with Crippen LogP contribution in [-0.2, 0) is 10.0 Å². The lowest BCUT2D eigenvalue weighted by atomic mass is 10.1. The quantitative estimate of drug-likeness (QED) is 0.537. The molecule has 1 N–H and O–H groups in total. The molecule has 0 bridgehead atoms. The Bertz CT molecular complexity index is 1090. The maximum absolute atomic E-state index is 13.1. The standard InChI is InChI=1S/C22H22Cl2N2O2S/c1-26(2)15-22(18-11-12-20(23)21(24)14-18)25-29(27,28)19-10-6-9-17(13-19)16-7-4-3-5-8-16/h3-14,22,25H,15H2,1-2H3/t22-/m0/s1. The highest BCUT2D eigenvalue weighted by molar-refractivity contribution is 7.89. The molecule has 0 fully saturated rings. The van der Waals surface area contributed by atoms with Crippen LogP contribution in [0.2, 0.25) is 10.0 Å². The molecule has 0 saturated carbocycles. The Labute approximate surface area is 182 Å². The highest BCUT2D eigenvalue weighted by Gasteiger charge is 2.23. The molecule has 0 aromatic heterocycles. The lowest BCUT2D eigenvalue weighted by molar-refractivity contribution is 0.363. The molecule has 29 heavy (non-hydrogen) atoms. The van der Waals surface area contributed by atoms with E-state index in [1.54, 1.807) is 36.4 Å². The van der Waals surface area contributed by atoms with Crippen LogP contribution in [0.3, 0.4) is 0 Å². The number of hydrogen-bond donors (Lipinski definition) is 1. The zero-order valence-corrected chi connectivity index (χ0v) is 18.5. The van der Waals surface area contributed by atoms with Crippen LogP contribution < -0.4 is 4.72 Å². The summed E-state index contributed by atoms with van der Waals surface area (Å²) in [5.41, 5.74) is 2.54. The smallest absolute Gasteiger partial charge is 0.241 e. The third kappa shape index (κ3) is 5.59. The Kier molecular flexibility index (Phi) is 6.98. The summed E-state index contributed by atoms with van der Waals surface area (Å²) in [6.45, 7) is 0.468. The van der Waals surface area contributed by atoms with E-state index >= 15 is 0 Å². The van der Waals surface area contributed by atoms with Crippen LogP contribution in [0.1, 0.15) is 11.6 Å². The summed E-state index contributed by atoms with van der Waals surface area (Å²) in [5.74, 6) is 0. The molecular formula is C22H22Cl2N2O2S. The zero-order valence-electron chi connectivity index (χ0n) is 16.1. The summed E-state index contributed by atoms with van der Waals surface area (Å²) in [6, 6.07) is 21.3. The molecule has 4 nitrogen and oxygen atoms in total. The van der Waals surface area contributed by atoms with Crippen molar-refractivity contribution in [3.05, 3.63) is 88.4 Å². The first-order valence-corrected chi connectivity index (χ1v) is 11.3. The molecule has 0 aliphatic heterocycles. The predicted octanol–water partition coefficient (Wildman–Crippen LogP) is 5.24. The zero-order chi connectivity index (χ0) is 21.0. The van der Waals surface area contributed by atoms with Gasteiger partial charge in [0, 0.05) is 6.54 Å². The van der Waals surface area contributed by atoms with E-state index in [1.807, 2.05) is 55.4 Å². The van der Waals surface area contributed by atoms with Gasteiger partial charge >= 0.3 is 0 Å². The van der Waals surface area contributed by atoms with E-state index in [2.05, 4.69) is 4.72 Å². The molecule has 0 aliphatic rings. The van der Waals surface area contributed by atoms with E-state index in [-0.39, 0.29) is 4.90 Å². The van der Waals surface area contributed by atoms with E-state index < -0.39 is 16.1 Å². The van der Waals surface area contributed by atoms with Gasteiger partial charge in [-0.15, -0.1) is 0 Å². The van der Waals surface area contributed by atoms with E-state index in [9.17, 15) is 8.42 Å². The van der Waals surface area contributed by atoms with Crippen molar-refractivity contribution in [2.24, 2.45) is 0 Å². The van der Waals surface area contributed by atoms with E-state index in [0.29, 0.717) is 16.6 Å². The molecule has 0 spiro atoms. The van der Waals surface area contributed by atoms with Crippen LogP contribution in [0.4, 0.5) is 0 Å². The molecule has 3 aromatic rings. The number of likely N-dealkylation sites (N-methyl/N-ethyl adjacent to an activating group) is 1. The molecule has 1 atom stereocenters. The Balaban J connectivity index is 1.93. The van der Waals surface area contributed by atoms with Crippen molar-refractivity contribution in [2.75, 3.05) is 20.6 Å². The predicted molar refractivity (Wildman–Crippen MR) is 120 cm³/mol. The number of sulfonamides is 1. The van der Waals surface area contributed by atoms with E-state index in [0.717, 1.165) is 16.7 Å². The Morgan fingerprint density at radius 3 is 2.21 bits per heavy atom. The number of benzene rings is 3. The van der Waals surface area contributed by atoms with Gasteiger partial charge in [0.15, 0.2) is 0 Å². The van der Waals surface area contributed by atoms with Gasteiger partial charge in [0.2, 0.25) is 10.0 Å². The summed E-state index contributed by atoms with van der Waals surface area (Å²) in [4.78, 5) is 2.12. The minimum atomic E-state index is -3.76. The molecule has 0 heterocycles. The van der Waals surface area contributed by atoms with E-state index in [1.165, 1.54) is 0 Å². The van der Waals surface area contributed by atoms with Gasteiger partial charge in [-0.25, -0.2) is 13.1 Å². The number of nitrogens with zero attached hydrogens (tertiary/aromatic N) is 1. The maximum atomic E-state index is 13.1. The second-order valence-corrected chi connectivity index (χ2v) is 9.53. The molecule has 0 saturated heterocycles. The van der Waals surface area contributed by atoms with Crippen molar-refractivity contribution in [3.63, 3.8) is 0 Å². The van der Waals surface area contributed by atoms with Crippen molar-refractivity contribution < 1.29 is 8.42 Å². The van der Waals surface area contributed by atoms with Crippen LogP contribution in [0.25, 0.3) is 11.1 Å². The minimum Gasteiger partial charge on any atom is -0.307 e. The Morgan fingerprint density at radius 2 is 1.55 bits per heavy atom. The minimum absolute atomic E-state index is 0.211. The topological polar surface area (TPSA) is 49.4 Å². The lowest BCUT2D eigenvalue weighted by Crippen LogP contribution is -2.35. The normalized spacial score (nSPS) is 12.9. The summed E-state index contributed by atoms with van der Waals surface area (Å²) >= 11 is 12.2. The number of rotatable bonds is 7. The first-order chi connectivity index (χ1) is 13.8. The second-order valence-electron chi connectivity index (χ2n) is 7.00. The molecule has 3 aromatic carbocycles. The van der Waals surface area contributed by atoms with Gasteiger partial charge in [-0.3, -0.25) is 0 Å². The molecule has 0 aliphatic carbocycles. The van der Waals surface area contributed by atoms with Gasteiger partial charge in [-0.1, -0.05) is 71.7 Å². The van der Waals surface area contributed by atoms with Gasteiger partial charge < -0.3 is 4.90 Å². The number of hydrogen-bond acceptors (Lipinski definition) is 3. The molecule has 0 unspecified atom stereocenters. The van der Waals surface area contributed by atoms with Crippen LogP contribution in [0, 0.1) is 0 Å². The van der Waals surface area contributed by atoms with Gasteiger partial charge in [0.05, 0.1) is 21.0 Å². The van der Waals surface area contributed by atoms with Crippen molar-refractivity contribution >= 4 is 33.2 Å². The summed E-state index contributed by atoms with van der Waals surface area (Å²) < 4.78 is 29.1. The van der Waals surface area contributed by atoms with Crippen LogP contribution >= 0.6 is 23.2 Å². The van der Waals surface area contributed by atoms with Gasteiger partial charge in [0.25, 0.3) is 0 Å². The van der Waals surface area contributed by atoms with Crippen molar-refractivity contribution in [1.29, 1.82) is 0 Å². The molecule has 152 valence electrons. The van der Waals surface area contributed by atoms with Gasteiger partial charge in [0.1, 0.15) is 0 Å². The average molecular weight is 449 g/mol. The number of nitrogens with one attached hydrogen (secondary N) is 1. The first-order valence-electron chi connectivity index (χ1n) is 9.04. The fourth-order valence-electron chi connectivity index (χ4n) is 3.03. The fraction of sp³-hybridized carbons (Fsp3) is 0.182. The first kappa shape index (κ1) is 21.8. The fourth-order valence-corrected chi connectivity index (χ4v) is 4.60. The maximum Gasteiger partial charge on any atom is 0.241 e. The third-order valence-corrected chi connectivity index (χ3v) is 6.65. The monoisotopic (exact) mass is 448 g/mol. The molecule has 0 radical (unpaired) electrons. The highest BCUT2D eigenvalue weighted by atomic mass is 35.5. The third-order valence-electron chi connectivity index (χ3n) is 4.44.